The number of H-pyrrole nitrogens is 1. The highest BCUT2D eigenvalue weighted by Crippen LogP contribution is 2.17. The minimum absolute atomic E-state index is 0. The lowest BCUT2D eigenvalue weighted by atomic mass is 10.1. The molecule has 0 aliphatic heterocycles. The molecule has 0 aliphatic carbocycles. The molecule has 0 spiro atoms. The highest BCUT2D eigenvalue weighted by molar-refractivity contribution is 5.85. The van der Waals surface area contributed by atoms with Crippen LogP contribution in [0.4, 0.5) is 0 Å². The van der Waals surface area contributed by atoms with Crippen molar-refractivity contribution in [2.24, 2.45) is 0 Å². The monoisotopic (exact) mass is 395 g/mol. The van der Waals surface area contributed by atoms with Crippen LogP contribution in [0.3, 0.4) is 0 Å². The van der Waals surface area contributed by atoms with Crippen LogP contribution in [0.25, 0.3) is 11.0 Å². The van der Waals surface area contributed by atoms with Crippen molar-refractivity contribution in [3.8, 4) is 11.8 Å². The lowest BCUT2D eigenvalue weighted by Crippen LogP contribution is -1.95. The molecule has 2 aromatic heterocycles. The molecule has 1 N–H and O–H groups in total. The fraction of sp³-hybridized carbons (Fsp3) is 0.0909. The van der Waals surface area contributed by atoms with Gasteiger partial charge in [-0.3, -0.25) is 4.98 Å². The number of imidazole rings is 1. The van der Waals surface area contributed by atoms with E-state index in [1.807, 2.05) is 72.9 Å². The van der Waals surface area contributed by atoms with Gasteiger partial charge in [0.1, 0.15) is 11.3 Å². The predicted molar refractivity (Wildman–Crippen MR) is 115 cm³/mol. The van der Waals surface area contributed by atoms with Crippen molar-refractivity contribution in [2.75, 3.05) is 0 Å². The van der Waals surface area contributed by atoms with E-state index < -0.39 is 0 Å². The maximum atomic E-state index is 4.75. The number of aromatic nitrogens is 3. The van der Waals surface area contributed by atoms with Gasteiger partial charge in [-0.05, 0) is 42.8 Å². The molecule has 0 unspecified atom stereocenters. The van der Waals surface area contributed by atoms with E-state index in [0.717, 1.165) is 46.5 Å². The topological polar surface area (TPSA) is 41.6 Å². The summed E-state index contributed by atoms with van der Waals surface area (Å²) in [4.78, 5) is 12.5. The van der Waals surface area contributed by atoms with Crippen molar-refractivity contribution in [2.45, 2.75) is 12.8 Å². The standard InChI is InChI=1S/C22H17N3.2ClH/c1-2-7-17(8-3-1)12-13-18-9-6-11-20-22(18)25-21(24-20)15-14-19-10-4-5-16-23-19;;/h1-11,16H,14-15H2,(H,24,25);2*1H. The fourth-order valence-corrected chi connectivity index (χ4v) is 2.76. The first-order valence-electron chi connectivity index (χ1n) is 8.33. The minimum Gasteiger partial charge on any atom is -0.342 e. The smallest absolute Gasteiger partial charge is 0.107 e. The number of fused-ring (bicyclic) bond motifs is 1. The number of rotatable bonds is 3. The molecule has 136 valence electrons. The average molecular weight is 396 g/mol. The molecule has 0 amide bonds. The number of aromatic amines is 1. The first kappa shape index (κ1) is 20.5. The van der Waals surface area contributed by atoms with Crippen molar-refractivity contribution in [1.29, 1.82) is 0 Å². The van der Waals surface area contributed by atoms with Crippen LogP contribution in [-0.4, -0.2) is 15.0 Å². The van der Waals surface area contributed by atoms with E-state index in [9.17, 15) is 0 Å². The summed E-state index contributed by atoms with van der Waals surface area (Å²) in [6.07, 6.45) is 3.52. The lowest BCUT2D eigenvalue weighted by molar-refractivity contribution is 0.861. The van der Waals surface area contributed by atoms with Gasteiger partial charge in [0.2, 0.25) is 0 Å². The Bertz CT molecular complexity index is 1050. The van der Waals surface area contributed by atoms with E-state index in [2.05, 4.69) is 21.8 Å². The van der Waals surface area contributed by atoms with Gasteiger partial charge in [-0.1, -0.05) is 42.2 Å². The summed E-state index contributed by atoms with van der Waals surface area (Å²) < 4.78 is 0. The molecular weight excluding hydrogens is 377 g/mol. The summed E-state index contributed by atoms with van der Waals surface area (Å²) in [5.41, 5.74) is 4.98. The molecular formula is C22H19Cl2N3. The van der Waals surface area contributed by atoms with Gasteiger partial charge in [0.05, 0.1) is 11.1 Å². The second kappa shape index (κ2) is 9.78. The number of nitrogens with one attached hydrogen (secondary N) is 1. The van der Waals surface area contributed by atoms with E-state index >= 15 is 0 Å². The molecule has 0 radical (unpaired) electrons. The Kier molecular flexibility index (Phi) is 7.43. The van der Waals surface area contributed by atoms with E-state index in [4.69, 9.17) is 4.98 Å². The van der Waals surface area contributed by atoms with Gasteiger partial charge < -0.3 is 4.98 Å². The molecule has 0 atom stereocenters. The summed E-state index contributed by atoms with van der Waals surface area (Å²) in [5, 5.41) is 0. The summed E-state index contributed by atoms with van der Waals surface area (Å²) in [6.45, 7) is 0. The number of para-hydroxylation sites is 1. The Hall–Kier alpha value is -2.80. The average Bonchev–Trinajstić information content (AvgIpc) is 3.10. The van der Waals surface area contributed by atoms with Crippen LogP contribution in [0.15, 0.2) is 72.9 Å². The number of hydrogen-bond acceptors (Lipinski definition) is 2. The van der Waals surface area contributed by atoms with E-state index in [-0.39, 0.29) is 24.8 Å². The van der Waals surface area contributed by atoms with Crippen LogP contribution in [-0.2, 0) is 12.8 Å². The Labute approximate surface area is 171 Å². The zero-order valence-electron chi connectivity index (χ0n) is 14.6. The van der Waals surface area contributed by atoms with Crippen molar-refractivity contribution in [3.05, 3.63) is 95.6 Å². The minimum atomic E-state index is 0. The number of halogens is 2. The third kappa shape index (κ3) is 5.10. The maximum absolute atomic E-state index is 4.75. The highest BCUT2D eigenvalue weighted by atomic mass is 35.5. The Morgan fingerprint density at radius 3 is 2.37 bits per heavy atom. The van der Waals surface area contributed by atoms with E-state index in [1.54, 1.807) is 0 Å². The van der Waals surface area contributed by atoms with Gasteiger partial charge in [0, 0.05) is 23.9 Å². The summed E-state index contributed by atoms with van der Waals surface area (Å²) in [5.74, 6) is 7.42. The zero-order valence-corrected chi connectivity index (χ0v) is 16.2. The summed E-state index contributed by atoms with van der Waals surface area (Å²) >= 11 is 0. The van der Waals surface area contributed by atoms with Gasteiger partial charge in [-0.25, -0.2) is 4.98 Å². The SMILES string of the molecule is C(#Cc1cccc2[nH]c(CCc3ccccn3)nc12)c1ccccc1.Cl.Cl. The molecule has 2 aromatic carbocycles. The number of benzene rings is 2. The largest absolute Gasteiger partial charge is 0.342 e. The molecule has 0 saturated heterocycles. The number of pyridine rings is 1. The van der Waals surface area contributed by atoms with E-state index in [1.165, 1.54) is 0 Å². The van der Waals surface area contributed by atoms with Crippen LogP contribution in [0.1, 0.15) is 22.6 Å². The van der Waals surface area contributed by atoms with Crippen molar-refractivity contribution in [3.63, 3.8) is 0 Å². The maximum Gasteiger partial charge on any atom is 0.107 e. The third-order valence-electron chi connectivity index (χ3n) is 4.02. The second-order valence-electron chi connectivity index (χ2n) is 5.82. The van der Waals surface area contributed by atoms with Gasteiger partial charge in [0.25, 0.3) is 0 Å². The van der Waals surface area contributed by atoms with Crippen LogP contribution >= 0.6 is 24.8 Å². The second-order valence-corrected chi connectivity index (χ2v) is 5.82. The molecule has 0 bridgehead atoms. The number of hydrogen-bond donors (Lipinski definition) is 1. The van der Waals surface area contributed by atoms with Gasteiger partial charge >= 0.3 is 0 Å². The Balaban J connectivity index is 0.00000131. The molecule has 27 heavy (non-hydrogen) atoms. The molecule has 3 nitrogen and oxygen atoms in total. The van der Waals surface area contributed by atoms with Crippen LogP contribution < -0.4 is 0 Å². The van der Waals surface area contributed by atoms with Gasteiger partial charge in [-0.2, -0.15) is 0 Å². The molecule has 4 rings (SSSR count). The van der Waals surface area contributed by atoms with Crippen molar-refractivity contribution < 1.29 is 0 Å². The lowest BCUT2D eigenvalue weighted by Gasteiger charge is -1.96. The molecule has 0 fully saturated rings. The summed E-state index contributed by atoms with van der Waals surface area (Å²) in [7, 11) is 0. The first-order valence-corrected chi connectivity index (χ1v) is 8.33. The molecule has 4 aromatic rings. The van der Waals surface area contributed by atoms with Crippen LogP contribution in [0, 0.1) is 11.8 Å². The van der Waals surface area contributed by atoms with Crippen molar-refractivity contribution in [1.82, 2.24) is 15.0 Å². The third-order valence-corrected chi connectivity index (χ3v) is 4.02. The molecule has 0 saturated carbocycles. The van der Waals surface area contributed by atoms with E-state index in [0.29, 0.717) is 0 Å². The van der Waals surface area contributed by atoms with Gasteiger partial charge in [-0.15, -0.1) is 24.8 Å². The quantitative estimate of drug-likeness (QED) is 0.496. The molecule has 2 heterocycles. The normalized spacial score (nSPS) is 9.63. The van der Waals surface area contributed by atoms with Crippen LogP contribution in [0.2, 0.25) is 0 Å². The number of nitrogens with zero attached hydrogens (tertiary/aromatic N) is 2. The Morgan fingerprint density at radius 2 is 1.59 bits per heavy atom. The Morgan fingerprint density at radius 1 is 0.778 bits per heavy atom. The highest BCUT2D eigenvalue weighted by Gasteiger charge is 2.06. The van der Waals surface area contributed by atoms with Crippen LogP contribution in [0.5, 0.6) is 0 Å². The predicted octanol–water partition coefficient (Wildman–Crippen LogP) is 4.99. The first-order chi connectivity index (χ1) is 12.4. The molecule has 0 aliphatic rings. The van der Waals surface area contributed by atoms with Crippen molar-refractivity contribution >= 4 is 35.8 Å². The van der Waals surface area contributed by atoms with Gasteiger partial charge in [0.15, 0.2) is 0 Å². The summed E-state index contributed by atoms with van der Waals surface area (Å²) in [6, 6.07) is 22.1. The fourth-order valence-electron chi connectivity index (χ4n) is 2.76. The molecule has 5 heteroatoms. The number of aryl methyl sites for hydroxylation is 2. The zero-order chi connectivity index (χ0) is 16.9.